The van der Waals surface area contributed by atoms with Gasteiger partial charge in [0.25, 0.3) is 5.91 Å². The first-order chi connectivity index (χ1) is 8.63. The van der Waals surface area contributed by atoms with Gasteiger partial charge in [0.2, 0.25) is 0 Å². The highest BCUT2D eigenvalue weighted by Gasteiger charge is 2.18. The Labute approximate surface area is 108 Å². The van der Waals surface area contributed by atoms with Gasteiger partial charge in [-0.15, -0.1) is 0 Å². The Kier molecular flexibility index (Phi) is 5.58. The maximum atomic E-state index is 12.1. The summed E-state index contributed by atoms with van der Waals surface area (Å²) in [7, 11) is 0. The average Bonchev–Trinajstić information content (AvgIpc) is 2.40. The van der Waals surface area contributed by atoms with Crippen LogP contribution in [0.25, 0.3) is 0 Å². The first-order valence-corrected chi connectivity index (χ1v) is 6.36. The lowest BCUT2D eigenvalue weighted by molar-refractivity contribution is 0.0925. The van der Waals surface area contributed by atoms with Gasteiger partial charge in [0.15, 0.2) is 5.82 Å². The van der Waals surface area contributed by atoms with E-state index >= 15 is 0 Å². The van der Waals surface area contributed by atoms with Crippen molar-refractivity contribution in [1.82, 2.24) is 10.3 Å². The minimum atomic E-state index is -0.143. The van der Waals surface area contributed by atoms with Gasteiger partial charge in [0, 0.05) is 12.2 Å². The van der Waals surface area contributed by atoms with Crippen LogP contribution in [0.4, 0.5) is 5.82 Å². The van der Waals surface area contributed by atoms with Crippen LogP contribution in [0.2, 0.25) is 0 Å². The van der Waals surface area contributed by atoms with Crippen LogP contribution in [-0.2, 0) is 0 Å². The molecule has 0 saturated heterocycles. The number of hydrogen-bond acceptors (Lipinski definition) is 4. The van der Waals surface area contributed by atoms with E-state index in [0.717, 1.165) is 12.8 Å². The number of pyridine rings is 1. The van der Waals surface area contributed by atoms with Gasteiger partial charge in [-0.25, -0.2) is 10.8 Å². The van der Waals surface area contributed by atoms with Gasteiger partial charge in [-0.1, -0.05) is 26.7 Å². The van der Waals surface area contributed by atoms with Crippen molar-refractivity contribution in [3.8, 4) is 0 Å². The second-order valence-electron chi connectivity index (χ2n) is 4.38. The second-order valence-corrected chi connectivity index (χ2v) is 4.38. The highest BCUT2D eigenvalue weighted by atomic mass is 16.1. The number of rotatable bonds is 6. The number of carbonyl (C=O) groups is 1. The second kappa shape index (κ2) is 6.96. The predicted octanol–water partition coefficient (Wildman–Crippen LogP) is 1.92. The van der Waals surface area contributed by atoms with Crippen LogP contribution in [0.1, 0.15) is 44.0 Å². The third-order valence-corrected chi connectivity index (χ3v) is 3.30. The smallest absolute Gasteiger partial charge is 0.255 e. The lowest BCUT2D eigenvalue weighted by Crippen LogP contribution is -2.38. The first-order valence-electron chi connectivity index (χ1n) is 6.36. The summed E-state index contributed by atoms with van der Waals surface area (Å²) in [6.45, 7) is 6.29. The minimum absolute atomic E-state index is 0.137. The molecule has 0 saturated carbocycles. The summed E-state index contributed by atoms with van der Waals surface area (Å²) in [6.07, 6.45) is 3.69. The molecule has 0 spiro atoms. The zero-order chi connectivity index (χ0) is 13.5. The summed E-state index contributed by atoms with van der Waals surface area (Å²) in [5, 5.41) is 3.00. The maximum absolute atomic E-state index is 12.1. The number of carbonyl (C=O) groups excluding carboxylic acids is 1. The predicted molar refractivity (Wildman–Crippen MR) is 73.0 cm³/mol. The molecule has 0 aliphatic rings. The fourth-order valence-electron chi connectivity index (χ4n) is 2.10. The number of aromatic nitrogens is 1. The summed E-state index contributed by atoms with van der Waals surface area (Å²) < 4.78 is 0. The molecule has 0 aliphatic carbocycles. The largest absolute Gasteiger partial charge is 0.349 e. The van der Waals surface area contributed by atoms with Gasteiger partial charge < -0.3 is 10.7 Å². The Bertz CT molecular complexity index is 390. The molecule has 5 nitrogen and oxygen atoms in total. The van der Waals surface area contributed by atoms with Gasteiger partial charge in [-0.05, 0) is 25.0 Å². The lowest BCUT2D eigenvalue weighted by Gasteiger charge is -2.22. The van der Waals surface area contributed by atoms with E-state index in [9.17, 15) is 4.79 Å². The molecule has 0 aromatic carbocycles. The highest BCUT2D eigenvalue weighted by molar-refractivity contribution is 5.98. The third kappa shape index (κ3) is 3.43. The van der Waals surface area contributed by atoms with Crippen molar-refractivity contribution in [3.05, 3.63) is 23.9 Å². The Hall–Kier alpha value is -1.62. The summed E-state index contributed by atoms with van der Waals surface area (Å²) in [5.74, 6) is 6.08. The standard InChI is InChI=1S/C13H22N4O/c1-4-10(5-2)9(3)16-13(18)11-7-6-8-15-12(11)17-14/h6-10H,4-5,14H2,1-3H3,(H,15,17)(H,16,18). The molecule has 0 aliphatic heterocycles. The van der Waals surface area contributed by atoms with Crippen molar-refractivity contribution in [3.63, 3.8) is 0 Å². The summed E-state index contributed by atoms with van der Waals surface area (Å²) in [4.78, 5) is 16.1. The molecule has 1 heterocycles. The Morgan fingerprint density at radius 2 is 2.11 bits per heavy atom. The molecule has 1 amide bonds. The van der Waals surface area contributed by atoms with Crippen LogP contribution in [0, 0.1) is 5.92 Å². The van der Waals surface area contributed by atoms with Crippen LogP contribution in [0.15, 0.2) is 18.3 Å². The quantitative estimate of drug-likeness (QED) is 0.532. The molecule has 0 fully saturated rings. The molecule has 4 N–H and O–H groups in total. The van der Waals surface area contributed by atoms with Gasteiger partial charge in [0.1, 0.15) is 0 Å². The van der Waals surface area contributed by atoms with E-state index < -0.39 is 0 Å². The molecule has 0 bridgehead atoms. The Morgan fingerprint density at radius 3 is 2.67 bits per heavy atom. The normalized spacial score (nSPS) is 12.3. The van der Waals surface area contributed by atoms with Crippen LogP contribution in [0.3, 0.4) is 0 Å². The fourth-order valence-corrected chi connectivity index (χ4v) is 2.10. The monoisotopic (exact) mass is 250 g/mol. The lowest BCUT2D eigenvalue weighted by atomic mass is 9.95. The van der Waals surface area contributed by atoms with E-state index in [2.05, 4.69) is 29.6 Å². The molecule has 1 aromatic rings. The van der Waals surface area contributed by atoms with Crippen molar-refractivity contribution in [1.29, 1.82) is 0 Å². The summed E-state index contributed by atoms with van der Waals surface area (Å²) in [5.41, 5.74) is 2.91. The van der Waals surface area contributed by atoms with Gasteiger partial charge in [-0.2, -0.15) is 0 Å². The minimum Gasteiger partial charge on any atom is -0.349 e. The number of nitrogens with two attached hydrogens (primary N) is 1. The van der Waals surface area contributed by atoms with Crippen LogP contribution < -0.4 is 16.6 Å². The highest BCUT2D eigenvalue weighted by Crippen LogP contribution is 2.15. The number of nitrogen functional groups attached to an aromatic ring is 1. The van der Waals surface area contributed by atoms with Gasteiger partial charge in [-0.3, -0.25) is 4.79 Å². The van der Waals surface area contributed by atoms with Crippen molar-refractivity contribution in [2.45, 2.75) is 39.7 Å². The molecule has 1 rings (SSSR count). The van der Waals surface area contributed by atoms with E-state index in [4.69, 9.17) is 5.84 Å². The SMILES string of the molecule is CCC(CC)C(C)NC(=O)c1cccnc1NN. The van der Waals surface area contributed by atoms with Gasteiger partial charge >= 0.3 is 0 Å². The molecular formula is C13H22N4O. The molecule has 1 atom stereocenters. The maximum Gasteiger partial charge on any atom is 0.255 e. The number of nitrogens with zero attached hydrogens (tertiary/aromatic N) is 1. The molecule has 100 valence electrons. The number of hydrazine groups is 1. The number of nitrogens with one attached hydrogen (secondary N) is 2. The average molecular weight is 250 g/mol. The molecule has 18 heavy (non-hydrogen) atoms. The van der Waals surface area contributed by atoms with Crippen LogP contribution in [-0.4, -0.2) is 16.9 Å². The zero-order valence-corrected chi connectivity index (χ0v) is 11.2. The van der Waals surface area contributed by atoms with Crippen molar-refractivity contribution in [2.24, 2.45) is 11.8 Å². The van der Waals surface area contributed by atoms with E-state index in [-0.39, 0.29) is 11.9 Å². The van der Waals surface area contributed by atoms with E-state index in [1.54, 1.807) is 18.3 Å². The Morgan fingerprint density at radius 1 is 1.44 bits per heavy atom. The number of amides is 1. The summed E-state index contributed by atoms with van der Waals surface area (Å²) in [6, 6.07) is 3.56. The molecule has 1 unspecified atom stereocenters. The van der Waals surface area contributed by atoms with Crippen LogP contribution in [0.5, 0.6) is 0 Å². The van der Waals surface area contributed by atoms with E-state index in [1.807, 2.05) is 6.92 Å². The van der Waals surface area contributed by atoms with Gasteiger partial charge in [0.05, 0.1) is 5.56 Å². The molecule has 5 heteroatoms. The number of anilines is 1. The first kappa shape index (κ1) is 14.4. The zero-order valence-electron chi connectivity index (χ0n) is 11.2. The Balaban J connectivity index is 2.76. The topological polar surface area (TPSA) is 80.0 Å². The van der Waals surface area contributed by atoms with Crippen molar-refractivity contribution in [2.75, 3.05) is 5.43 Å². The van der Waals surface area contributed by atoms with Crippen LogP contribution >= 0.6 is 0 Å². The number of hydrogen-bond donors (Lipinski definition) is 3. The van der Waals surface area contributed by atoms with E-state index in [1.165, 1.54) is 0 Å². The molecule has 1 aromatic heterocycles. The molecular weight excluding hydrogens is 228 g/mol. The van der Waals surface area contributed by atoms with E-state index in [0.29, 0.717) is 17.3 Å². The fraction of sp³-hybridized carbons (Fsp3) is 0.538. The third-order valence-electron chi connectivity index (χ3n) is 3.30. The molecule has 0 radical (unpaired) electrons. The van der Waals surface area contributed by atoms with Crippen molar-refractivity contribution < 1.29 is 4.79 Å². The summed E-state index contributed by atoms with van der Waals surface area (Å²) >= 11 is 0. The van der Waals surface area contributed by atoms with Crippen molar-refractivity contribution >= 4 is 11.7 Å².